The van der Waals surface area contributed by atoms with Gasteiger partial charge in [-0.15, -0.1) is 4.91 Å². The van der Waals surface area contributed by atoms with Crippen LogP contribution in [0.4, 0.5) is 4.39 Å². The Morgan fingerprint density at radius 3 is 3.00 bits per heavy atom. The summed E-state index contributed by atoms with van der Waals surface area (Å²) in [5.41, 5.74) is -0.419. The van der Waals surface area contributed by atoms with Crippen molar-refractivity contribution >= 4 is 5.97 Å². The lowest BCUT2D eigenvalue weighted by Gasteiger charge is -1.94. The zero-order chi connectivity index (χ0) is 8.97. The molecule has 0 aliphatic rings. The highest BCUT2D eigenvalue weighted by molar-refractivity contribution is 5.89. The molecule has 0 aliphatic heterocycles. The van der Waals surface area contributed by atoms with E-state index < -0.39 is 17.5 Å². The molecule has 0 amide bonds. The zero-order valence-electron chi connectivity index (χ0n) is 5.73. The van der Waals surface area contributed by atoms with Crippen molar-refractivity contribution in [2.75, 3.05) is 0 Å². The van der Waals surface area contributed by atoms with Crippen molar-refractivity contribution < 1.29 is 14.0 Å². The van der Waals surface area contributed by atoms with Gasteiger partial charge in [-0.05, 0) is 12.1 Å². The maximum absolute atomic E-state index is 12.6. The Labute approximate surface area is 66.1 Å². The number of pyridine rings is 1. The Kier molecular flexibility index (Phi) is 2.42. The summed E-state index contributed by atoms with van der Waals surface area (Å²) in [6.07, 6.45) is 1.17. The fraction of sp³-hybridized carbons (Fsp3) is 0. The molecule has 6 heteroatoms. The standard InChI is InChI=1S/C6H3FN2O3/c7-5-4(2-1-3-8-5)6(10)12-9-11/h1-3H. The highest BCUT2D eigenvalue weighted by atomic mass is 19.1. The van der Waals surface area contributed by atoms with Gasteiger partial charge in [-0.3, -0.25) is 4.84 Å². The van der Waals surface area contributed by atoms with Crippen LogP contribution in [0.15, 0.2) is 23.7 Å². The van der Waals surface area contributed by atoms with Gasteiger partial charge in [0.2, 0.25) is 5.95 Å². The van der Waals surface area contributed by atoms with Crippen LogP contribution < -0.4 is 0 Å². The van der Waals surface area contributed by atoms with E-state index in [4.69, 9.17) is 0 Å². The van der Waals surface area contributed by atoms with E-state index in [0.717, 1.165) is 6.07 Å². The van der Waals surface area contributed by atoms with Crippen LogP contribution in [0.5, 0.6) is 0 Å². The average Bonchev–Trinajstić information content (AvgIpc) is 2.05. The monoisotopic (exact) mass is 170 g/mol. The van der Waals surface area contributed by atoms with Crippen LogP contribution in [0.1, 0.15) is 10.4 Å². The van der Waals surface area contributed by atoms with E-state index in [9.17, 15) is 14.1 Å². The lowest BCUT2D eigenvalue weighted by molar-refractivity contribution is 0.0502. The quantitative estimate of drug-likeness (QED) is 0.378. The van der Waals surface area contributed by atoms with E-state index in [1.807, 2.05) is 5.34 Å². The molecule has 1 rings (SSSR count). The van der Waals surface area contributed by atoms with Gasteiger partial charge in [-0.1, -0.05) is 0 Å². The maximum atomic E-state index is 12.6. The van der Waals surface area contributed by atoms with Gasteiger partial charge in [0, 0.05) is 6.20 Å². The predicted molar refractivity (Wildman–Crippen MR) is 35.4 cm³/mol. The molecule has 0 radical (unpaired) electrons. The van der Waals surface area contributed by atoms with Gasteiger partial charge in [-0.2, -0.15) is 4.39 Å². The van der Waals surface area contributed by atoms with E-state index in [1.165, 1.54) is 12.3 Å². The molecular formula is C6H3FN2O3. The number of halogens is 1. The third-order valence-corrected chi connectivity index (χ3v) is 1.10. The summed E-state index contributed by atoms with van der Waals surface area (Å²) in [6, 6.07) is 2.47. The van der Waals surface area contributed by atoms with E-state index in [2.05, 4.69) is 9.82 Å². The molecule has 0 atom stereocenters. The minimum absolute atomic E-state index is 0.419. The minimum atomic E-state index is -1.16. The largest absolute Gasteiger partial charge is 0.373 e. The minimum Gasteiger partial charge on any atom is -0.279 e. The summed E-state index contributed by atoms with van der Waals surface area (Å²) >= 11 is 0. The summed E-state index contributed by atoms with van der Waals surface area (Å²) in [5, 5.41) is 1.86. The van der Waals surface area contributed by atoms with Crippen molar-refractivity contribution in [3.8, 4) is 0 Å². The van der Waals surface area contributed by atoms with Gasteiger partial charge < -0.3 is 0 Å². The van der Waals surface area contributed by atoms with E-state index in [0.29, 0.717) is 0 Å². The summed E-state index contributed by atoms with van der Waals surface area (Å²) < 4.78 is 12.6. The smallest absolute Gasteiger partial charge is 0.279 e. The van der Waals surface area contributed by atoms with E-state index in [1.54, 1.807) is 0 Å². The SMILES string of the molecule is O=NOC(=O)c1cccnc1F. The second-order valence-electron chi connectivity index (χ2n) is 1.80. The third kappa shape index (κ3) is 1.60. The molecule has 0 saturated heterocycles. The molecule has 1 aromatic rings. The Bertz CT molecular complexity index is 315. The zero-order valence-corrected chi connectivity index (χ0v) is 5.73. The summed E-state index contributed by atoms with van der Waals surface area (Å²) in [4.78, 5) is 27.0. The van der Waals surface area contributed by atoms with E-state index >= 15 is 0 Å². The fourth-order valence-corrected chi connectivity index (χ4v) is 0.621. The third-order valence-electron chi connectivity index (χ3n) is 1.10. The molecule has 1 heterocycles. The number of hydrogen-bond donors (Lipinski definition) is 0. The normalized spacial score (nSPS) is 9.08. The van der Waals surface area contributed by atoms with Gasteiger partial charge in [-0.25, -0.2) is 9.78 Å². The molecule has 0 aliphatic carbocycles. The maximum Gasteiger partial charge on any atom is 0.373 e. The van der Waals surface area contributed by atoms with Crippen molar-refractivity contribution in [2.24, 2.45) is 5.34 Å². The summed E-state index contributed by atoms with van der Waals surface area (Å²) in [6.45, 7) is 0. The molecule has 0 spiro atoms. The Morgan fingerprint density at radius 1 is 1.67 bits per heavy atom. The number of nitrogens with zero attached hydrogens (tertiary/aromatic N) is 2. The molecule has 0 N–H and O–H groups in total. The van der Waals surface area contributed by atoms with Crippen molar-refractivity contribution in [3.05, 3.63) is 34.7 Å². The first-order valence-corrected chi connectivity index (χ1v) is 2.90. The van der Waals surface area contributed by atoms with Crippen molar-refractivity contribution in [2.45, 2.75) is 0 Å². The number of carbonyl (C=O) groups excluding carboxylic acids is 1. The number of aromatic nitrogens is 1. The van der Waals surface area contributed by atoms with Gasteiger partial charge in [0.25, 0.3) is 0 Å². The van der Waals surface area contributed by atoms with Crippen LogP contribution in [0.2, 0.25) is 0 Å². The summed E-state index contributed by atoms with van der Waals surface area (Å²) in [5.74, 6) is -2.15. The second-order valence-corrected chi connectivity index (χ2v) is 1.80. The Morgan fingerprint density at radius 2 is 2.42 bits per heavy atom. The van der Waals surface area contributed by atoms with Crippen molar-refractivity contribution in [3.63, 3.8) is 0 Å². The number of hydrogen-bond acceptors (Lipinski definition) is 5. The lowest BCUT2D eigenvalue weighted by Crippen LogP contribution is -2.04. The number of rotatable bonds is 2. The van der Waals surface area contributed by atoms with Crippen LogP contribution in [0, 0.1) is 10.9 Å². The Balaban J connectivity index is 2.94. The van der Waals surface area contributed by atoms with Crippen LogP contribution in [-0.2, 0) is 4.84 Å². The molecule has 12 heavy (non-hydrogen) atoms. The van der Waals surface area contributed by atoms with Gasteiger partial charge in [0.05, 0.1) is 0 Å². The van der Waals surface area contributed by atoms with Crippen LogP contribution in [0.25, 0.3) is 0 Å². The van der Waals surface area contributed by atoms with Crippen molar-refractivity contribution in [1.82, 2.24) is 4.98 Å². The molecule has 0 fully saturated rings. The summed E-state index contributed by atoms with van der Waals surface area (Å²) in [7, 11) is 0. The molecule has 1 aromatic heterocycles. The van der Waals surface area contributed by atoms with Crippen LogP contribution in [-0.4, -0.2) is 11.0 Å². The molecule has 0 aromatic carbocycles. The van der Waals surface area contributed by atoms with Gasteiger partial charge >= 0.3 is 5.97 Å². The lowest BCUT2D eigenvalue weighted by atomic mass is 10.3. The van der Waals surface area contributed by atoms with Crippen molar-refractivity contribution in [1.29, 1.82) is 0 Å². The molecule has 0 bridgehead atoms. The highest BCUT2D eigenvalue weighted by Gasteiger charge is 2.13. The number of carbonyl (C=O) groups is 1. The molecule has 0 unspecified atom stereocenters. The average molecular weight is 170 g/mol. The highest BCUT2D eigenvalue weighted by Crippen LogP contribution is 2.04. The first-order valence-electron chi connectivity index (χ1n) is 2.90. The van der Waals surface area contributed by atoms with E-state index in [-0.39, 0.29) is 0 Å². The van der Waals surface area contributed by atoms with Crippen LogP contribution >= 0.6 is 0 Å². The van der Waals surface area contributed by atoms with Crippen LogP contribution in [0.3, 0.4) is 0 Å². The topological polar surface area (TPSA) is 68.6 Å². The second kappa shape index (κ2) is 3.51. The Hall–Kier alpha value is -1.85. The van der Waals surface area contributed by atoms with Gasteiger partial charge in [0.15, 0.2) is 5.34 Å². The van der Waals surface area contributed by atoms with Gasteiger partial charge in [0.1, 0.15) is 5.56 Å². The molecular weight excluding hydrogens is 167 g/mol. The first kappa shape index (κ1) is 8.25. The fourth-order valence-electron chi connectivity index (χ4n) is 0.621. The molecule has 62 valence electrons. The molecule has 0 saturated carbocycles. The molecule has 5 nitrogen and oxygen atoms in total. The predicted octanol–water partition coefficient (Wildman–Crippen LogP) is 1.06. The first-order chi connectivity index (χ1) is 5.75.